The quantitative estimate of drug-likeness (QED) is 0.498. The van der Waals surface area contributed by atoms with Crippen molar-refractivity contribution in [3.8, 4) is 5.75 Å². The fourth-order valence-electron chi connectivity index (χ4n) is 1.75. The highest BCUT2D eigenvalue weighted by molar-refractivity contribution is 5.92. The third-order valence-electron chi connectivity index (χ3n) is 2.77. The van der Waals surface area contributed by atoms with Gasteiger partial charge in [-0.3, -0.25) is 0 Å². The minimum atomic E-state index is 0.393. The Balaban J connectivity index is 1.77. The van der Waals surface area contributed by atoms with Gasteiger partial charge in [0.2, 0.25) is 0 Å². The summed E-state index contributed by atoms with van der Waals surface area (Å²) in [6, 6.07) is 17.6. The van der Waals surface area contributed by atoms with E-state index < -0.39 is 0 Å². The monoisotopic (exact) mass is 269 g/mol. The van der Waals surface area contributed by atoms with Crippen molar-refractivity contribution in [3.05, 3.63) is 60.2 Å². The van der Waals surface area contributed by atoms with Crippen LogP contribution in [0.4, 0.5) is 5.69 Å². The van der Waals surface area contributed by atoms with Gasteiger partial charge in [-0.1, -0.05) is 36.4 Å². The second-order valence-electron chi connectivity index (χ2n) is 4.37. The lowest BCUT2D eigenvalue weighted by atomic mass is 10.2. The molecule has 0 bridgehead atoms. The Hall–Kier alpha value is -2.49. The third-order valence-corrected chi connectivity index (χ3v) is 2.77. The second kappa shape index (κ2) is 7.19. The number of nitrogens with zero attached hydrogens (tertiary/aromatic N) is 1. The molecule has 20 heavy (non-hydrogen) atoms. The molecular weight excluding hydrogens is 250 g/mol. The average molecular weight is 269 g/mol. The molecule has 0 aliphatic heterocycles. The highest BCUT2D eigenvalue weighted by atomic mass is 16.5. The highest BCUT2D eigenvalue weighted by Gasteiger charge is 1.97. The van der Waals surface area contributed by atoms with Crippen LogP contribution in [0.25, 0.3) is 0 Å². The van der Waals surface area contributed by atoms with E-state index >= 15 is 0 Å². The molecule has 4 heteroatoms. The molecule has 4 nitrogen and oxygen atoms in total. The molecule has 0 aliphatic carbocycles. The normalized spacial score (nSPS) is 11.2. The number of hydrogen-bond donors (Lipinski definition) is 2. The van der Waals surface area contributed by atoms with Crippen LogP contribution in [0.2, 0.25) is 0 Å². The van der Waals surface area contributed by atoms with E-state index in [-0.39, 0.29) is 0 Å². The summed E-state index contributed by atoms with van der Waals surface area (Å²) >= 11 is 0. The third kappa shape index (κ3) is 4.31. The summed E-state index contributed by atoms with van der Waals surface area (Å²) in [7, 11) is 0. The molecule has 3 N–H and O–H groups in total. The van der Waals surface area contributed by atoms with Crippen LogP contribution < -0.4 is 15.8 Å². The maximum Gasteiger partial charge on any atom is 0.193 e. The summed E-state index contributed by atoms with van der Waals surface area (Å²) in [4.78, 5) is 4.22. The van der Waals surface area contributed by atoms with Gasteiger partial charge in [0.15, 0.2) is 5.96 Å². The molecule has 0 aliphatic rings. The van der Waals surface area contributed by atoms with Crippen LogP contribution in [0, 0.1) is 6.92 Å². The van der Waals surface area contributed by atoms with Crippen LogP contribution >= 0.6 is 0 Å². The van der Waals surface area contributed by atoms with Crippen LogP contribution in [0.15, 0.2) is 59.6 Å². The number of anilines is 1. The molecule has 0 saturated carbocycles. The fraction of sp³-hybridized carbons (Fsp3) is 0.188. The fourth-order valence-corrected chi connectivity index (χ4v) is 1.75. The van der Waals surface area contributed by atoms with E-state index in [9.17, 15) is 0 Å². The number of aryl methyl sites for hydroxylation is 1. The van der Waals surface area contributed by atoms with E-state index in [1.54, 1.807) is 0 Å². The molecule has 0 spiro atoms. The summed E-state index contributed by atoms with van der Waals surface area (Å²) in [6.07, 6.45) is 0. The largest absolute Gasteiger partial charge is 0.491 e. The molecule has 0 amide bonds. The van der Waals surface area contributed by atoms with Gasteiger partial charge in [-0.25, -0.2) is 4.99 Å². The maximum atomic E-state index is 5.80. The van der Waals surface area contributed by atoms with E-state index in [0.29, 0.717) is 19.1 Å². The van der Waals surface area contributed by atoms with Crippen molar-refractivity contribution in [1.82, 2.24) is 0 Å². The van der Waals surface area contributed by atoms with Gasteiger partial charge in [-0.15, -0.1) is 0 Å². The van der Waals surface area contributed by atoms with E-state index in [2.05, 4.69) is 10.3 Å². The molecule has 0 radical (unpaired) electrons. The van der Waals surface area contributed by atoms with Gasteiger partial charge in [0.25, 0.3) is 0 Å². The molecule has 0 unspecified atom stereocenters. The zero-order valence-corrected chi connectivity index (χ0v) is 11.5. The summed E-state index contributed by atoms with van der Waals surface area (Å²) in [5.74, 6) is 1.28. The number of guanidine groups is 1. The predicted octanol–water partition coefficient (Wildman–Crippen LogP) is 2.80. The van der Waals surface area contributed by atoms with Gasteiger partial charge >= 0.3 is 0 Å². The summed E-state index contributed by atoms with van der Waals surface area (Å²) in [6.45, 7) is 3.03. The van der Waals surface area contributed by atoms with Gasteiger partial charge in [0.05, 0.1) is 6.54 Å². The Labute approximate surface area is 119 Å². The lowest BCUT2D eigenvalue weighted by molar-refractivity contribution is 0.326. The van der Waals surface area contributed by atoms with Crippen molar-refractivity contribution in [2.75, 3.05) is 18.5 Å². The Morgan fingerprint density at radius 2 is 1.80 bits per heavy atom. The first-order chi connectivity index (χ1) is 9.75. The Bertz CT molecular complexity index is 567. The number of para-hydroxylation sites is 2. The first-order valence-electron chi connectivity index (χ1n) is 6.56. The Morgan fingerprint density at radius 3 is 2.55 bits per heavy atom. The SMILES string of the molecule is Cc1ccccc1OCCN=C(N)Nc1ccccc1. The number of benzene rings is 2. The molecule has 0 aromatic heterocycles. The zero-order chi connectivity index (χ0) is 14.2. The molecule has 2 aromatic rings. The van der Waals surface area contributed by atoms with Gasteiger partial charge in [-0.2, -0.15) is 0 Å². The van der Waals surface area contributed by atoms with Crippen LogP contribution in [-0.2, 0) is 0 Å². The Kier molecular flexibility index (Phi) is 5.00. The number of ether oxygens (including phenoxy) is 1. The second-order valence-corrected chi connectivity index (χ2v) is 4.37. The first kappa shape index (κ1) is 13.9. The molecule has 2 aromatic carbocycles. The van der Waals surface area contributed by atoms with E-state index in [1.165, 1.54) is 0 Å². The molecule has 0 heterocycles. The number of nitrogens with two attached hydrogens (primary N) is 1. The van der Waals surface area contributed by atoms with Crippen LogP contribution in [-0.4, -0.2) is 19.1 Å². The number of rotatable bonds is 5. The molecular formula is C16H19N3O. The molecule has 2 rings (SSSR count). The highest BCUT2D eigenvalue weighted by Crippen LogP contribution is 2.15. The maximum absolute atomic E-state index is 5.80. The number of hydrogen-bond acceptors (Lipinski definition) is 2. The molecule has 0 atom stereocenters. The molecule has 104 valence electrons. The smallest absolute Gasteiger partial charge is 0.193 e. The van der Waals surface area contributed by atoms with Crippen molar-refractivity contribution >= 4 is 11.6 Å². The number of nitrogens with one attached hydrogen (secondary N) is 1. The van der Waals surface area contributed by atoms with E-state index in [4.69, 9.17) is 10.5 Å². The van der Waals surface area contributed by atoms with Gasteiger partial charge < -0.3 is 15.8 Å². The molecule has 0 fully saturated rings. The van der Waals surface area contributed by atoms with Gasteiger partial charge in [0, 0.05) is 5.69 Å². The van der Waals surface area contributed by atoms with Crippen LogP contribution in [0.5, 0.6) is 5.75 Å². The van der Waals surface area contributed by atoms with Crippen molar-refractivity contribution in [2.24, 2.45) is 10.7 Å². The van der Waals surface area contributed by atoms with Gasteiger partial charge in [0.1, 0.15) is 12.4 Å². The van der Waals surface area contributed by atoms with Gasteiger partial charge in [-0.05, 0) is 30.7 Å². The minimum Gasteiger partial charge on any atom is -0.491 e. The molecule has 0 saturated heterocycles. The topological polar surface area (TPSA) is 59.6 Å². The lowest BCUT2D eigenvalue weighted by Gasteiger charge is -2.08. The van der Waals surface area contributed by atoms with Crippen LogP contribution in [0.1, 0.15) is 5.56 Å². The van der Waals surface area contributed by atoms with Crippen molar-refractivity contribution < 1.29 is 4.74 Å². The standard InChI is InChI=1S/C16H19N3O/c1-13-7-5-6-10-15(13)20-12-11-18-16(17)19-14-8-3-2-4-9-14/h2-10H,11-12H2,1H3,(H3,17,18,19). The summed E-state index contributed by atoms with van der Waals surface area (Å²) in [5, 5.41) is 3.02. The van der Waals surface area contributed by atoms with Crippen molar-refractivity contribution in [3.63, 3.8) is 0 Å². The summed E-state index contributed by atoms with van der Waals surface area (Å²) < 4.78 is 5.65. The first-order valence-corrected chi connectivity index (χ1v) is 6.56. The predicted molar refractivity (Wildman–Crippen MR) is 83.2 cm³/mol. The Morgan fingerprint density at radius 1 is 1.10 bits per heavy atom. The minimum absolute atomic E-state index is 0.393. The van der Waals surface area contributed by atoms with E-state index in [0.717, 1.165) is 17.0 Å². The van der Waals surface area contributed by atoms with Crippen LogP contribution in [0.3, 0.4) is 0 Å². The van der Waals surface area contributed by atoms with Crippen molar-refractivity contribution in [1.29, 1.82) is 0 Å². The lowest BCUT2D eigenvalue weighted by Crippen LogP contribution is -2.23. The number of aliphatic imine (C=N–C) groups is 1. The zero-order valence-electron chi connectivity index (χ0n) is 11.5. The summed E-state index contributed by atoms with van der Waals surface area (Å²) in [5.41, 5.74) is 7.84. The van der Waals surface area contributed by atoms with E-state index in [1.807, 2.05) is 61.5 Å². The average Bonchev–Trinajstić information content (AvgIpc) is 2.46. The van der Waals surface area contributed by atoms with Crippen molar-refractivity contribution in [2.45, 2.75) is 6.92 Å².